The number of nitrogens with two attached hydrogens (primary N) is 1. The first kappa shape index (κ1) is 20.2. The summed E-state index contributed by atoms with van der Waals surface area (Å²) in [7, 11) is -4.25. The van der Waals surface area contributed by atoms with Crippen LogP contribution in [0.1, 0.15) is 13.3 Å². The first-order valence-corrected chi connectivity index (χ1v) is 9.48. The molecule has 144 valence electrons. The number of hydrogen-bond acceptors (Lipinski definition) is 6. The van der Waals surface area contributed by atoms with Crippen molar-refractivity contribution >= 4 is 27.3 Å². The molecule has 0 spiro atoms. The Morgan fingerprint density at radius 2 is 1.89 bits per heavy atom. The van der Waals surface area contributed by atoms with Crippen molar-refractivity contribution in [2.24, 2.45) is 5.73 Å². The van der Waals surface area contributed by atoms with Gasteiger partial charge in [0.25, 0.3) is 15.7 Å². The van der Waals surface area contributed by atoms with Crippen LogP contribution in [0.25, 0.3) is 0 Å². The molecule has 0 heterocycles. The first-order valence-electron chi connectivity index (χ1n) is 8.04. The molecule has 0 radical (unpaired) electrons. The summed E-state index contributed by atoms with van der Waals surface area (Å²) in [5.74, 6) is -0.317. The molecule has 0 atom stereocenters. The van der Waals surface area contributed by atoms with Gasteiger partial charge in [0.2, 0.25) is 5.91 Å². The lowest BCUT2D eigenvalue weighted by molar-refractivity contribution is -0.385. The van der Waals surface area contributed by atoms with Crippen molar-refractivity contribution in [2.45, 2.75) is 18.2 Å². The molecule has 10 heteroatoms. The number of ether oxygens (including phenoxy) is 1. The predicted molar refractivity (Wildman–Crippen MR) is 99.1 cm³/mol. The molecule has 27 heavy (non-hydrogen) atoms. The van der Waals surface area contributed by atoms with E-state index in [1.807, 2.05) is 6.92 Å². The van der Waals surface area contributed by atoms with Crippen LogP contribution < -0.4 is 14.8 Å². The normalized spacial score (nSPS) is 11.0. The van der Waals surface area contributed by atoms with Gasteiger partial charge in [0.05, 0.1) is 22.1 Å². The van der Waals surface area contributed by atoms with Crippen molar-refractivity contribution < 1.29 is 22.9 Å². The molecule has 1 amide bonds. The van der Waals surface area contributed by atoms with Gasteiger partial charge in [0.15, 0.2) is 0 Å². The van der Waals surface area contributed by atoms with E-state index in [1.54, 1.807) is 12.1 Å². The van der Waals surface area contributed by atoms with Crippen LogP contribution >= 0.6 is 0 Å². The lowest BCUT2D eigenvalue weighted by Crippen LogP contribution is -2.38. The van der Waals surface area contributed by atoms with Gasteiger partial charge in [-0.1, -0.05) is 13.0 Å². The van der Waals surface area contributed by atoms with Crippen LogP contribution in [0.5, 0.6) is 5.75 Å². The number of hydrogen-bond donors (Lipinski definition) is 1. The highest BCUT2D eigenvalue weighted by molar-refractivity contribution is 7.92. The molecular weight excluding hydrogens is 374 g/mol. The molecule has 9 nitrogen and oxygen atoms in total. The summed E-state index contributed by atoms with van der Waals surface area (Å²) in [5.41, 5.74) is 5.01. The van der Waals surface area contributed by atoms with E-state index < -0.39 is 27.4 Å². The number of amides is 1. The average Bonchev–Trinajstić information content (AvgIpc) is 2.65. The van der Waals surface area contributed by atoms with Crippen molar-refractivity contribution in [1.82, 2.24) is 0 Å². The molecule has 2 aromatic carbocycles. The smallest absolute Gasteiger partial charge is 0.270 e. The van der Waals surface area contributed by atoms with E-state index in [4.69, 9.17) is 10.5 Å². The van der Waals surface area contributed by atoms with Gasteiger partial charge in [-0.05, 0) is 36.8 Å². The minimum atomic E-state index is -4.25. The topological polar surface area (TPSA) is 133 Å². The summed E-state index contributed by atoms with van der Waals surface area (Å²) in [6.45, 7) is 1.85. The summed E-state index contributed by atoms with van der Waals surface area (Å²) in [6, 6.07) is 10.7. The number of sulfonamides is 1. The second-order valence-electron chi connectivity index (χ2n) is 5.57. The highest BCUT2D eigenvalue weighted by atomic mass is 32.2. The quantitative estimate of drug-likeness (QED) is 0.512. The standard InChI is InChI=1S/C17H19N3O6S/c1-2-10-26-15-8-6-13(7-9-15)19(12-17(18)21)27(24,25)16-5-3-4-14(11-16)20(22)23/h3-9,11H,2,10,12H2,1H3,(H2,18,21). The maximum absolute atomic E-state index is 13.0. The minimum Gasteiger partial charge on any atom is -0.494 e. The van der Waals surface area contributed by atoms with E-state index in [2.05, 4.69) is 0 Å². The van der Waals surface area contributed by atoms with Crippen LogP contribution in [0.4, 0.5) is 11.4 Å². The van der Waals surface area contributed by atoms with Gasteiger partial charge in [-0.3, -0.25) is 19.2 Å². The number of carbonyl (C=O) groups is 1. The van der Waals surface area contributed by atoms with Crippen LogP contribution in [0.2, 0.25) is 0 Å². The van der Waals surface area contributed by atoms with Crippen LogP contribution in [0.3, 0.4) is 0 Å². The predicted octanol–water partition coefficient (Wildman–Crippen LogP) is 2.06. The number of primary amides is 1. The van der Waals surface area contributed by atoms with E-state index in [0.29, 0.717) is 12.4 Å². The molecular formula is C17H19N3O6S. The third-order valence-corrected chi connectivity index (χ3v) is 5.28. The van der Waals surface area contributed by atoms with Gasteiger partial charge in [0.1, 0.15) is 12.3 Å². The molecule has 0 saturated carbocycles. The summed E-state index contributed by atoms with van der Waals surface area (Å²) >= 11 is 0. The number of anilines is 1. The van der Waals surface area contributed by atoms with Crippen molar-refractivity contribution in [2.75, 3.05) is 17.5 Å². The molecule has 2 N–H and O–H groups in total. The fourth-order valence-electron chi connectivity index (χ4n) is 2.27. The molecule has 0 unspecified atom stereocenters. The highest BCUT2D eigenvalue weighted by Gasteiger charge is 2.28. The average molecular weight is 393 g/mol. The Hall–Kier alpha value is -3.14. The SMILES string of the molecule is CCCOc1ccc(N(CC(N)=O)S(=O)(=O)c2cccc([N+](=O)[O-])c2)cc1. The third-order valence-electron chi connectivity index (χ3n) is 3.51. The Morgan fingerprint density at radius 1 is 1.22 bits per heavy atom. The van der Waals surface area contributed by atoms with Crippen molar-refractivity contribution in [3.8, 4) is 5.75 Å². The number of rotatable bonds is 9. The Kier molecular flexibility index (Phi) is 6.35. The summed E-state index contributed by atoms with van der Waals surface area (Å²) in [6.07, 6.45) is 0.816. The molecule has 0 aliphatic carbocycles. The van der Waals surface area contributed by atoms with Crippen molar-refractivity contribution in [1.29, 1.82) is 0 Å². The van der Waals surface area contributed by atoms with Crippen LogP contribution in [0.15, 0.2) is 53.4 Å². The third kappa shape index (κ3) is 4.94. The summed E-state index contributed by atoms with van der Waals surface area (Å²) in [4.78, 5) is 21.3. The van der Waals surface area contributed by atoms with Crippen molar-refractivity contribution in [3.63, 3.8) is 0 Å². The van der Waals surface area contributed by atoms with E-state index >= 15 is 0 Å². The number of nitro benzene ring substituents is 1. The zero-order chi connectivity index (χ0) is 20.0. The Labute approximate surface area is 156 Å². The Balaban J connectivity index is 2.44. The lowest BCUT2D eigenvalue weighted by Gasteiger charge is -2.23. The zero-order valence-corrected chi connectivity index (χ0v) is 15.4. The molecule has 0 aliphatic rings. The fourth-order valence-corrected chi connectivity index (χ4v) is 3.74. The molecule has 2 aromatic rings. The zero-order valence-electron chi connectivity index (χ0n) is 14.6. The molecule has 0 aromatic heterocycles. The van der Waals surface area contributed by atoms with E-state index in [1.165, 1.54) is 30.3 Å². The molecule has 0 fully saturated rings. The van der Waals surface area contributed by atoms with Gasteiger partial charge < -0.3 is 10.5 Å². The summed E-state index contributed by atoms with van der Waals surface area (Å²) in [5, 5.41) is 10.9. The van der Waals surface area contributed by atoms with E-state index in [0.717, 1.165) is 16.8 Å². The Bertz CT molecular complexity index is 928. The first-order chi connectivity index (χ1) is 12.8. The maximum atomic E-state index is 13.0. The largest absolute Gasteiger partial charge is 0.494 e. The number of carbonyl (C=O) groups excluding carboxylic acids is 1. The molecule has 0 aliphatic heterocycles. The molecule has 0 bridgehead atoms. The number of nitro groups is 1. The second-order valence-corrected chi connectivity index (χ2v) is 7.44. The van der Waals surface area contributed by atoms with Gasteiger partial charge >= 0.3 is 0 Å². The fraction of sp³-hybridized carbons (Fsp3) is 0.235. The number of nitrogens with zero attached hydrogens (tertiary/aromatic N) is 2. The van der Waals surface area contributed by atoms with E-state index in [9.17, 15) is 23.3 Å². The maximum Gasteiger partial charge on any atom is 0.270 e. The van der Waals surface area contributed by atoms with Gasteiger partial charge in [-0.2, -0.15) is 0 Å². The molecule has 0 saturated heterocycles. The number of benzene rings is 2. The van der Waals surface area contributed by atoms with Crippen molar-refractivity contribution in [3.05, 3.63) is 58.6 Å². The van der Waals surface area contributed by atoms with Gasteiger partial charge in [-0.25, -0.2) is 8.42 Å². The van der Waals surface area contributed by atoms with E-state index in [-0.39, 0.29) is 16.3 Å². The number of non-ortho nitro benzene ring substituents is 1. The monoisotopic (exact) mass is 393 g/mol. The van der Waals surface area contributed by atoms with Crippen LogP contribution in [0, 0.1) is 10.1 Å². The minimum absolute atomic E-state index is 0.184. The van der Waals surface area contributed by atoms with Crippen LogP contribution in [-0.2, 0) is 14.8 Å². The van der Waals surface area contributed by atoms with Gasteiger partial charge in [0, 0.05) is 12.1 Å². The highest BCUT2D eigenvalue weighted by Crippen LogP contribution is 2.27. The lowest BCUT2D eigenvalue weighted by atomic mass is 10.3. The Morgan fingerprint density at radius 3 is 2.44 bits per heavy atom. The molecule has 2 rings (SSSR count). The van der Waals surface area contributed by atoms with Gasteiger partial charge in [-0.15, -0.1) is 0 Å². The van der Waals surface area contributed by atoms with Crippen LogP contribution in [-0.4, -0.2) is 32.4 Å². The second kappa shape index (κ2) is 8.49. The summed E-state index contributed by atoms with van der Waals surface area (Å²) < 4.78 is 32.2.